The van der Waals surface area contributed by atoms with Crippen molar-refractivity contribution in [2.24, 2.45) is 0 Å². The molecule has 1 aliphatic heterocycles. The second-order valence-electron chi connectivity index (χ2n) is 10.00. The number of hydrogen-bond acceptors (Lipinski definition) is 6. The molecule has 0 bridgehead atoms. The van der Waals surface area contributed by atoms with Crippen molar-refractivity contribution in [2.45, 2.75) is 84.3 Å². The number of allylic oxidation sites excluding steroid dienone is 1. The third kappa shape index (κ3) is 9.21. The Morgan fingerprint density at radius 1 is 1.08 bits per heavy atom. The summed E-state index contributed by atoms with van der Waals surface area (Å²) in [5, 5.41) is 9.88. The van der Waals surface area contributed by atoms with Crippen molar-refractivity contribution in [2.75, 3.05) is 13.7 Å². The van der Waals surface area contributed by atoms with Gasteiger partial charge in [0.2, 0.25) is 6.29 Å². The van der Waals surface area contributed by atoms with Crippen molar-refractivity contribution in [1.82, 2.24) is 0 Å². The summed E-state index contributed by atoms with van der Waals surface area (Å²) in [5.41, 5.74) is 3.58. The number of hydrogen-bond donors (Lipinski definition) is 0. The molecule has 0 aliphatic carbocycles. The predicted molar refractivity (Wildman–Crippen MR) is 155 cm³/mol. The summed E-state index contributed by atoms with van der Waals surface area (Å²) in [6, 6.07) is 13.6. The van der Waals surface area contributed by atoms with Gasteiger partial charge < -0.3 is 18.9 Å². The molecule has 0 saturated carbocycles. The highest BCUT2D eigenvalue weighted by Gasteiger charge is 2.19. The van der Waals surface area contributed by atoms with E-state index in [1.807, 2.05) is 30.3 Å². The number of fused-ring (bicyclic) bond motifs is 1. The molecule has 0 radical (unpaired) electrons. The zero-order valence-corrected chi connectivity index (χ0v) is 23.6. The van der Waals surface area contributed by atoms with E-state index in [4.69, 9.17) is 18.9 Å². The van der Waals surface area contributed by atoms with Crippen molar-refractivity contribution < 1.29 is 23.7 Å². The maximum atomic E-state index is 12.3. The van der Waals surface area contributed by atoms with Crippen molar-refractivity contribution in [1.29, 1.82) is 5.26 Å². The van der Waals surface area contributed by atoms with Gasteiger partial charge in [0, 0.05) is 18.4 Å². The highest BCUT2D eigenvalue weighted by Crippen LogP contribution is 2.34. The number of nitrogens with zero attached hydrogens (tertiary/aromatic N) is 1. The third-order valence-corrected chi connectivity index (χ3v) is 6.77. The zero-order chi connectivity index (χ0) is 28.0. The van der Waals surface area contributed by atoms with E-state index in [1.165, 1.54) is 37.7 Å². The molecule has 208 valence electrons. The molecule has 2 aromatic carbocycles. The minimum atomic E-state index is -0.758. The first-order valence-corrected chi connectivity index (χ1v) is 14.0. The molecule has 2 aromatic rings. The Balaban J connectivity index is 1.69. The molecular formula is C33H41NO5. The van der Waals surface area contributed by atoms with E-state index in [1.54, 1.807) is 26.2 Å². The number of carbonyl (C=O) groups excluding carboxylic acids is 1. The third-order valence-electron chi connectivity index (χ3n) is 6.77. The van der Waals surface area contributed by atoms with Gasteiger partial charge in [0.1, 0.15) is 5.75 Å². The largest absolute Gasteiger partial charge is 0.493 e. The van der Waals surface area contributed by atoms with Crippen LogP contribution >= 0.6 is 0 Å². The zero-order valence-electron chi connectivity index (χ0n) is 23.6. The Morgan fingerprint density at radius 3 is 2.51 bits per heavy atom. The normalized spacial score (nSPS) is 13.1. The number of rotatable bonds is 16. The molecule has 39 heavy (non-hydrogen) atoms. The Hall–Kier alpha value is -3.72. The second-order valence-corrected chi connectivity index (χ2v) is 10.00. The van der Waals surface area contributed by atoms with Crippen LogP contribution in [0.5, 0.6) is 17.2 Å². The maximum absolute atomic E-state index is 12.3. The van der Waals surface area contributed by atoms with Crippen molar-refractivity contribution in [3.05, 3.63) is 65.2 Å². The molecule has 3 rings (SSSR count). The molecule has 0 spiro atoms. The summed E-state index contributed by atoms with van der Waals surface area (Å²) in [7, 11) is 1.55. The van der Waals surface area contributed by atoms with E-state index in [9.17, 15) is 10.1 Å². The van der Waals surface area contributed by atoms with Crippen LogP contribution in [0.25, 0.3) is 11.6 Å². The molecule has 0 amide bonds. The highest BCUT2D eigenvalue weighted by atomic mass is 16.7. The molecule has 6 heteroatoms. The van der Waals surface area contributed by atoms with Gasteiger partial charge in [-0.3, -0.25) is 0 Å². The van der Waals surface area contributed by atoms with Crippen LogP contribution in [0.1, 0.15) is 88.3 Å². The van der Waals surface area contributed by atoms with Gasteiger partial charge in [-0.25, -0.2) is 4.79 Å². The fraction of sp³-hybridized carbons (Fsp3) is 0.455. The first kappa shape index (κ1) is 29.8. The molecular weight excluding hydrogens is 490 g/mol. The van der Waals surface area contributed by atoms with Gasteiger partial charge in [-0.2, -0.15) is 5.26 Å². The predicted octanol–water partition coefficient (Wildman–Crippen LogP) is 8.05. The summed E-state index contributed by atoms with van der Waals surface area (Å²) in [6.07, 6.45) is 12.0. The van der Waals surface area contributed by atoms with E-state index in [-0.39, 0.29) is 0 Å². The number of nitriles is 1. The van der Waals surface area contributed by atoms with Crippen LogP contribution in [0, 0.1) is 11.3 Å². The monoisotopic (exact) mass is 531 g/mol. The van der Waals surface area contributed by atoms with Crippen LogP contribution in [0.2, 0.25) is 0 Å². The Labute approximate surface area is 233 Å². The molecule has 0 saturated heterocycles. The quantitative estimate of drug-likeness (QED) is 0.0544. The van der Waals surface area contributed by atoms with Crippen LogP contribution in [-0.2, 0) is 16.0 Å². The minimum absolute atomic E-state index is 0.322. The summed E-state index contributed by atoms with van der Waals surface area (Å²) >= 11 is 0. The van der Waals surface area contributed by atoms with Crippen molar-refractivity contribution >= 4 is 17.6 Å². The lowest BCUT2D eigenvalue weighted by Crippen LogP contribution is -2.25. The highest BCUT2D eigenvalue weighted by molar-refractivity contribution is 5.90. The van der Waals surface area contributed by atoms with Gasteiger partial charge in [0.05, 0.1) is 25.4 Å². The Morgan fingerprint density at radius 2 is 1.82 bits per heavy atom. The molecule has 1 atom stereocenters. The molecule has 1 unspecified atom stereocenters. The van der Waals surface area contributed by atoms with E-state index >= 15 is 0 Å². The van der Waals surface area contributed by atoms with Gasteiger partial charge >= 0.3 is 5.97 Å². The van der Waals surface area contributed by atoms with Crippen LogP contribution in [0.4, 0.5) is 0 Å². The Bertz CT molecular complexity index is 1190. The van der Waals surface area contributed by atoms with E-state index in [2.05, 4.69) is 19.6 Å². The summed E-state index contributed by atoms with van der Waals surface area (Å²) in [4.78, 5) is 12.3. The number of esters is 1. The standard InChI is InChI=1S/C33H41NO5/c1-5-6-7-8-9-10-11-12-13-32(39-33(35)24(2)3)38-29-17-16-27(22-31(29)36-4)28(23-34)20-25-14-15-26-18-19-37-30(26)21-25/h14-17,20-22,32H,2,5-13,18-19H2,1,3-4H3. The lowest BCUT2D eigenvalue weighted by molar-refractivity contribution is -0.159. The van der Waals surface area contributed by atoms with Crippen molar-refractivity contribution in [3.63, 3.8) is 0 Å². The molecule has 0 fully saturated rings. The van der Waals surface area contributed by atoms with Crippen LogP contribution in [-0.4, -0.2) is 26.0 Å². The average Bonchev–Trinajstić information content (AvgIpc) is 3.41. The molecule has 0 N–H and O–H groups in total. The van der Waals surface area contributed by atoms with Gasteiger partial charge in [0.15, 0.2) is 11.5 Å². The van der Waals surface area contributed by atoms with Gasteiger partial charge in [-0.15, -0.1) is 0 Å². The number of benzene rings is 2. The first-order valence-electron chi connectivity index (χ1n) is 14.0. The van der Waals surface area contributed by atoms with Gasteiger partial charge in [-0.1, -0.05) is 70.6 Å². The van der Waals surface area contributed by atoms with Crippen LogP contribution in [0.3, 0.4) is 0 Å². The van der Waals surface area contributed by atoms with E-state index in [0.717, 1.165) is 37.0 Å². The SMILES string of the molecule is C=C(C)C(=O)OC(CCCCCCCCCC)Oc1ccc(C(C#N)=Cc2ccc3c(c2)OCC3)cc1OC. The second kappa shape index (κ2) is 15.6. The summed E-state index contributed by atoms with van der Waals surface area (Å²) in [6.45, 7) is 8.22. The van der Waals surface area contributed by atoms with E-state index < -0.39 is 12.3 Å². The summed E-state index contributed by atoms with van der Waals surface area (Å²) in [5.74, 6) is 1.29. The summed E-state index contributed by atoms with van der Waals surface area (Å²) < 4.78 is 23.0. The lowest BCUT2D eigenvalue weighted by atomic mass is 10.0. The first-order chi connectivity index (χ1) is 18.9. The number of carbonyl (C=O) groups is 1. The molecule has 0 aromatic heterocycles. The number of unbranched alkanes of at least 4 members (excludes halogenated alkanes) is 7. The van der Waals surface area contributed by atoms with Crippen molar-refractivity contribution in [3.8, 4) is 23.3 Å². The number of ether oxygens (including phenoxy) is 4. The fourth-order valence-corrected chi connectivity index (χ4v) is 4.50. The minimum Gasteiger partial charge on any atom is -0.493 e. The topological polar surface area (TPSA) is 77.8 Å². The Kier molecular flexibility index (Phi) is 12.0. The van der Waals surface area contributed by atoms with Crippen LogP contribution in [0.15, 0.2) is 48.6 Å². The maximum Gasteiger partial charge on any atom is 0.336 e. The molecule has 1 heterocycles. The smallest absolute Gasteiger partial charge is 0.336 e. The molecule has 1 aliphatic rings. The molecule has 6 nitrogen and oxygen atoms in total. The van der Waals surface area contributed by atoms with Crippen LogP contribution < -0.4 is 14.2 Å². The van der Waals surface area contributed by atoms with Gasteiger partial charge in [0.25, 0.3) is 0 Å². The van der Waals surface area contributed by atoms with Gasteiger partial charge in [-0.05, 0) is 60.4 Å². The lowest BCUT2D eigenvalue weighted by Gasteiger charge is -2.21. The average molecular weight is 532 g/mol. The fourth-order valence-electron chi connectivity index (χ4n) is 4.50. The number of methoxy groups -OCH3 is 1. The van der Waals surface area contributed by atoms with E-state index in [0.29, 0.717) is 41.2 Å².